The molecule has 3 aromatic heterocycles. The van der Waals surface area contributed by atoms with Crippen molar-refractivity contribution in [3.63, 3.8) is 0 Å². The maximum atomic E-state index is 13.0. The fraction of sp³-hybridized carbons (Fsp3) is 0.379. The third-order valence-corrected chi connectivity index (χ3v) is 7.22. The highest BCUT2D eigenvalue weighted by Crippen LogP contribution is 2.25. The van der Waals surface area contributed by atoms with E-state index < -0.39 is 0 Å². The standard InChI is InChI=1S/C29H34N6O/c1-20(2)25-19-31-35-16-10-23(18-27(25)35)26-9-13-30-28(32-26)17-21-5-7-22(8-6-21)29(36)34-14-11-24(12-15-34)33(3)4/h5-10,13,16,18-20,24H,11-12,14-15,17H2,1-4H3. The minimum Gasteiger partial charge on any atom is -0.339 e. The van der Waals surface area contributed by atoms with Gasteiger partial charge in [-0.1, -0.05) is 26.0 Å². The third kappa shape index (κ3) is 5.02. The highest BCUT2D eigenvalue weighted by Gasteiger charge is 2.24. The molecule has 0 spiro atoms. The van der Waals surface area contributed by atoms with Gasteiger partial charge in [-0.2, -0.15) is 5.10 Å². The number of amides is 1. The van der Waals surface area contributed by atoms with E-state index in [1.54, 1.807) is 0 Å². The number of hydrogen-bond acceptors (Lipinski definition) is 5. The fourth-order valence-corrected chi connectivity index (χ4v) is 4.96. The number of nitrogens with zero attached hydrogens (tertiary/aromatic N) is 6. The quantitative estimate of drug-likeness (QED) is 0.400. The minimum atomic E-state index is 0.119. The molecule has 7 nitrogen and oxygen atoms in total. The summed E-state index contributed by atoms with van der Waals surface area (Å²) in [5, 5.41) is 4.46. The van der Waals surface area contributed by atoms with Crippen LogP contribution in [0, 0.1) is 0 Å². The van der Waals surface area contributed by atoms with E-state index in [-0.39, 0.29) is 5.91 Å². The molecule has 186 valence electrons. The van der Waals surface area contributed by atoms with E-state index in [1.807, 2.05) is 64.4 Å². The second-order valence-corrected chi connectivity index (χ2v) is 10.2. The Hall–Kier alpha value is -3.58. The predicted molar refractivity (Wildman–Crippen MR) is 142 cm³/mol. The van der Waals surface area contributed by atoms with Crippen molar-refractivity contribution in [1.29, 1.82) is 0 Å². The molecular weight excluding hydrogens is 448 g/mol. The van der Waals surface area contributed by atoms with Crippen molar-refractivity contribution < 1.29 is 4.79 Å². The number of piperidine rings is 1. The fourth-order valence-electron chi connectivity index (χ4n) is 4.96. The second kappa shape index (κ2) is 10.2. The van der Waals surface area contributed by atoms with E-state index in [0.29, 0.717) is 18.4 Å². The molecule has 1 amide bonds. The van der Waals surface area contributed by atoms with Crippen LogP contribution in [0.4, 0.5) is 0 Å². The van der Waals surface area contributed by atoms with Crippen molar-refractivity contribution in [3.05, 3.63) is 83.6 Å². The highest BCUT2D eigenvalue weighted by atomic mass is 16.2. The number of hydrogen-bond donors (Lipinski definition) is 0. The van der Waals surface area contributed by atoms with Gasteiger partial charge >= 0.3 is 0 Å². The molecule has 36 heavy (non-hydrogen) atoms. The summed E-state index contributed by atoms with van der Waals surface area (Å²) in [6, 6.07) is 14.6. The molecular formula is C29H34N6O. The molecule has 0 N–H and O–H groups in total. The summed E-state index contributed by atoms with van der Waals surface area (Å²) in [6.45, 7) is 5.98. The average Bonchev–Trinajstić information content (AvgIpc) is 3.33. The summed E-state index contributed by atoms with van der Waals surface area (Å²) in [4.78, 5) is 26.5. The molecule has 0 bridgehead atoms. The Morgan fingerprint density at radius 1 is 1.08 bits per heavy atom. The summed E-state index contributed by atoms with van der Waals surface area (Å²) in [5.74, 6) is 1.28. The summed E-state index contributed by atoms with van der Waals surface area (Å²) >= 11 is 0. The second-order valence-electron chi connectivity index (χ2n) is 10.2. The molecule has 0 aliphatic carbocycles. The highest BCUT2D eigenvalue weighted by molar-refractivity contribution is 5.94. The third-order valence-electron chi connectivity index (χ3n) is 7.22. The van der Waals surface area contributed by atoms with Crippen LogP contribution in [0.2, 0.25) is 0 Å². The first-order valence-corrected chi connectivity index (χ1v) is 12.7. The zero-order valence-corrected chi connectivity index (χ0v) is 21.6. The molecule has 1 saturated heterocycles. The lowest BCUT2D eigenvalue weighted by Gasteiger charge is -2.35. The van der Waals surface area contributed by atoms with E-state index in [2.05, 4.69) is 49.0 Å². The van der Waals surface area contributed by atoms with Crippen LogP contribution in [0.15, 0.2) is 61.1 Å². The first kappa shape index (κ1) is 24.1. The number of rotatable bonds is 6. The molecule has 1 aliphatic rings. The van der Waals surface area contributed by atoms with Gasteiger partial charge in [0.1, 0.15) is 5.82 Å². The molecule has 4 aromatic rings. The van der Waals surface area contributed by atoms with Crippen LogP contribution in [0.25, 0.3) is 16.8 Å². The normalized spacial score (nSPS) is 14.8. The Morgan fingerprint density at radius 3 is 2.53 bits per heavy atom. The van der Waals surface area contributed by atoms with E-state index in [1.165, 1.54) is 5.56 Å². The molecule has 0 saturated carbocycles. The van der Waals surface area contributed by atoms with Gasteiger partial charge in [0.05, 0.1) is 17.4 Å². The summed E-state index contributed by atoms with van der Waals surface area (Å²) in [7, 11) is 4.22. The Morgan fingerprint density at radius 2 is 1.83 bits per heavy atom. The summed E-state index contributed by atoms with van der Waals surface area (Å²) in [5.41, 5.74) is 6.10. The van der Waals surface area contributed by atoms with E-state index in [9.17, 15) is 4.79 Å². The average molecular weight is 483 g/mol. The van der Waals surface area contributed by atoms with Crippen molar-refractivity contribution >= 4 is 11.4 Å². The van der Waals surface area contributed by atoms with Crippen molar-refractivity contribution in [2.45, 2.75) is 45.1 Å². The van der Waals surface area contributed by atoms with Gasteiger partial charge in [-0.3, -0.25) is 4.79 Å². The van der Waals surface area contributed by atoms with E-state index in [0.717, 1.165) is 59.7 Å². The van der Waals surface area contributed by atoms with Gasteiger partial charge in [-0.15, -0.1) is 0 Å². The van der Waals surface area contributed by atoms with Crippen LogP contribution < -0.4 is 0 Å². The van der Waals surface area contributed by atoms with Crippen LogP contribution in [-0.4, -0.2) is 68.5 Å². The van der Waals surface area contributed by atoms with Gasteiger partial charge in [0.15, 0.2) is 0 Å². The van der Waals surface area contributed by atoms with Gasteiger partial charge in [0.2, 0.25) is 0 Å². The first-order valence-electron chi connectivity index (χ1n) is 12.7. The van der Waals surface area contributed by atoms with E-state index >= 15 is 0 Å². The first-order chi connectivity index (χ1) is 17.4. The van der Waals surface area contributed by atoms with Gasteiger partial charge in [-0.05, 0) is 68.8 Å². The molecule has 0 radical (unpaired) electrons. The Balaban J connectivity index is 1.28. The van der Waals surface area contributed by atoms with Crippen molar-refractivity contribution in [3.8, 4) is 11.3 Å². The van der Waals surface area contributed by atoms with Crippen molar-refractivity contribution in [2.75, 3.05) is 27.2 Å². The monoisotopic (exact) mass is 482 g/mol. The van der Waals surface area contributed by atoms with Crippen LogP contribution in [0.1, 0.15) is 59.9 Å². The topological polar surface area (TPSA) is 66.6 Å². The molecule has 0 atom stereocenters. The zero-order chi connectivity index (χ0) is 25.2. The number of carbonyl (C=O) groups is 1. The molecule has 1 aromatic carbocycles. The van der Waals surface area contributed by atoms with Crippen LogP contribution in [0.3, 0.4) is 0 Å². The Bertz CT molecular complexity index is 1350. The maximum absolute atomic E-state index is 13.0. The molecule has 1 fully saturated rings. The van der Waals surface area contributed by atoms with Gasteiger partial charge < -0.3 is 9.80 Å². The molecule has 5 rings (SSSR count). The molecule has 0 unspecified atom stereocenters. The maximum Gasteiger partial charge on any atom is 0.253 e. The number of pyridine rings is 1. The summed E-state index contributed by atoms with van der Waals surface area (Å²) < 4.78 is 1.91. The lowest BCUT2D eigenvalue weighted by molar-refractivity contribution is 0.0663. The molecule has 1 aliphatic heterocycles. The minimum absolute atomic E-state index is 0.119. The number of fused-ring (bicyclic) bond motifs is 1. The van der Waals surface area contributed by atoms with Gasteiger partial charge in [-0.25, -0.2) is 14.5 Å². The van der Waals surface area contributed by atoms with Crippen molar-refractivity contribution in [1.82, 2.24) is 29.4 Å². The summed E-state index contributed by atoms with van der Waals surface area (Å²) in [6.07, 6.45) is 8.40. The predicted octanol–water partition coefficient (Wildman–Crippen LogP) is 4.67. The number of benzene rings is 1. The number of aromatic nitrogens is 4. The smallest absolute Gasteiger partial charge is 0.253 e. The van der Waals surface area contributed by atoms with Crippen LogP contribution in [-0.2, 0) is 6.42 Å². The van der Waals surface area contributed by atoms with E-state index in [4.69, 9.17) is 4.98 Å². The SMILES string of the molecule is CC(C)c1cnn2ccc(-c3ccnc(Cc4ccc(C(=O)N5CCC(N(C)C)CC5)cc4)n3)cc12. The number of carbonyl (C=O) groups excluding carboxylic acids is 1. The van der Waals surface area contributed by atoms with Crippen LogP contribution in [0.5, 0.6) is 0 Å². The lowest BCUT2D eigenvalue weighted by atomic mass is 10.0. The van der Waals surface area contributed by atoms with Gasteiger partial charge in [0, 0.05) is 54.6 Å². The molecule has 4 heterocycles. The molecule has 7 heteroatoms. The lowest BCUT2D eigenvalue weighted by Crippen LogP contribution is -2.44. The Kier molecular flexibility index (Phi) is 6.83. The van der Waals surface area contributed by atoms with Crippen LogP contribution >= 0.6 is 0 Å². The zero-order valence-electron chi connectivity index (χ0n) is 21.6. The van der Waals surface area contributed by atoms with Crippen molar-refractivity contribution in [2.24, 2.45) is 0 Å². The largest absolute Gasteiger partial charge is 0.339 e. The number of likely N-dealkylation sites (tertiary alicyclic amines) is 1. The van der Waals surface area contributed by atoms with Gasteiger partial charge in [0.25, 0.3) is 5.91 Å². The Labute approximate surface area is 212 Å².